The average molecular weight is 525 g/mol. The number of nitrogens with zero attached hydrogens (tertiary/aromatic N) is 1. The fraction of sp³-hybridized carbons (Fsp3) is 0.0513. The van der Waals surface area contributed by atoms with Crippen molar-refractivity contribution in [1.82, 2.24) is 0 Å². The molecule has 0 aromatic heterocycles. The van der Waals surface area contributed by atoms with E-state index in [-0.39, 0.29) is 11.5 Å². The van der Waals surface area contributed by atoms with E-state index in [0.717, 1.165) is 16.7 Å². The molecule has 6 aromatic rings. The largest absolute Gasteiger partial charge is 0.383 e. The molecule has 2 heteroatoms. The number of hydrogen-bond acceptors (Lipinski definition) is 1. The lowest BCUT2D eigenvalue weighted by Gasteiger charge is -2.30. The van der Waals surface area contributed by atoms with E-state index in [1.807, 2.05) is 36.4 Å². The Kier molecular flexibility index (Phi) is 5.30. The summed E-state index contributed by atoms with van der Waals surface area (Å²) in [5.41, 5.74) is 20.0. The van der Waals surface area contributed by atoms with Crippen molar-refractivity contribution in [2.24, 2.45) is 10.7 Å². The minimum Gasteiger partial charge on any atom is -0.383 e. The highest BCUT2D eigenvalue weighted by Gasteiger charge is 2.51. The number of rotatable bonds is 4. The molecule has 1 unspecified atom stereocenters. The highest BCUT2D eigenvalue weighted by atomic mass is 14.9. The molecule has 1 spiro atoms. The molecule has 0 radical (unpaired) electrons. The van der Waals surface area contributed by atoms with Gasteiger partial charge in [0.1, 0.15) is 11.9 Å². The van der Waals surface area contributed by atoms with Crippen LogP contribution in [0.2, 0.25) is 0 Å². The van der Waals surface area contributed by atoms with E-state index in [2.05, 4.69) is 115 Å². The van der Waals surface area contributed by atoms with Crippen LogP contribution in [-0.2, 0) is 5.41 Å². The third-order valence-electron chi connectivity index (χ3n) is 8.79. The van der Waals surface area contributed by atoms with Crippen LogP contribution in [0.4, 0.5) is 0 Å². The van der Waals surface area contributed by atoms with Crippen LogP contribution in [-0.4, -0.2) is 5.84 Å². The predicted octanol–water partition coefficient (Wildman–Crippen LogP) is 8.53. The van der Waals surface area contributed by atoms with Crippen molar-refractivity contribution in [2.45, 2.75) is 11.5 Å². The van der Waals surface area contributed by atoms with Crippen molar-refractivity contribution in [3.63, 3.8) is 0 Å². The summed E-state index contributed by atoms with van der Waals surface area (Å²) in [4.78, 5) is 5.12. The molecule has 2 aliphatic rings. The second-order valence-corrected chi connectivity index (χ2v) is 10.9. The van der Waals surface area contributed by atoms with E-state index in [4.69, 9.17) is 10.7 Å². The van der Waals surface area contributed by atoms with E-state index < -0.39 is 0 Å². The first-order chi connectivity index (χ1) is 20.3. The summed E-state index contributed by atoms with van der Waals surface area (Å²) in [6, 6.07) is 53.9. The Hall–Kier alpha value is -5.21. The maximum Gasteiger partial charge on any atom is 0.126 e. The Morgan fingerprint density at radius 1 is 0.463 bits per heavy atom. The maximum absolute atomic E-state index is 6.61. The summed E-state index contributed by atoms with van der Waals surface area (Å²) in [7, 11) is 0. The highest BCUT2D eigenvalue weighted by molar-refractivity contribution is 5.98. The molecular weight excluding hydrogens is 496 g/mol. The lowest BCUT2D eigenvalue weighted by molar-refractivity contribution is 0.791. The van der Waals surface area contributed by atoms with Gasteiger partial charge < -0.3 is 5.73 Å². The Morgan fingerprint density at radius 2 is 0.927 bits per heavy atom. The molecule has 0 saturated heterocycles. The van der Waals surface area contributed by atoms with Crippen molar-refractivity contribution < 1.29 is 0 Å². The first-order valence-corrected chi connectivity index (χ1v) is 14.1. The lowest BCUT2D eigenvalue weighted by atomic mass is 9.70. The molecule has 0 amide bonds. The molecule has 2 nitrogen and oxygen atoms in total. The van der Waals surface area contributed by atoms with Crippen molar-refractivity contribution in [3.8, 4) is 22.3 Å². The quantitative estimate of drug-likeness (QED) is 0.182. The number of fused-ring (bicyclic) bond motifs is 10. The molecule has 1 atom stereocenters. The number of hydrogen-bond donors (Lipinski definition) is 1. The summed E-state index contributed by atoms with van der Waals surface area (Å²) in [5.74, 6) is 0.537. The predicted molar refractivity (Wildman–Crippen MR) is 168 cm³/mol. The Balaban J connectivity index is 1.37. The van der Waals surface area contributed by atoms with Crippen molar-refractivity contribution in [1.29, 1.82) is 0 Å². The van der Waals surface area contributed by atoms with Gasteiger partial charge in [-0.1, -0.05) is 146 Å². The third-order valence-corrected chi connectivity index (χ3v) is 8.79. The topological polar surface area (TPSA) is 38.4 Å². The van der Waals surface area contributed by atoms with Gasteiger partial charge in [0.05, 0.1) is 5.41 Å². The van der Waals surface area contributed by atoms with Gasteiger partial charge in [0.15, 0.2) is 0 Å². The molecule has 0 bridgehead atoms. The zero-order valence-electron chi connectivity index (χ0n) is 22.5. The van der Waals surface area contributed by atoms with Gasteiger partial charge in [-0.05, 0) is 61.7 Å². The summed E-state index contributed by atoms with van der Waals surface area (Å²) >= 11 is 0. The summed E-state index contributed by atoms with van der Waals surface area (Å²) < 4.78 is 0. The molecule has 2 aliphatic carbocycles. The van der Waals surface area contributed by atoms with Crippen LogP contribution in [0, 0.1) is 0 Å². The van der Waals surface area contributed by atoms with Gasteiger partial charge in [-0.25, -0.2) is 0 Å². The van der Waals surface area contributed by atoms with Gasteiger partial charge in [-0.3, -0.25) is 4.99 Å². The maximum atomic E-state index is 6.61. The normalized spacial score (nSPS) is 14.7. The molecule has 6 aromatic carbocycles. The van der Waals surface area contributed by atoms with E-state index in [0.29, 0.717) is 5.84 Å². The Bertz CT molecular complexity index is 1910. The number of nitrogens with two attached hydrogens (primary N) is 1. The van der Waals surface area contributed by atoms with E-state index in [9.17, 15) is 0 Å². The van der Waals surface area contributed by atoms with Crippen LogP contribution in [0.3, 0.4) is 0 Å². The first kappa shape index (κ1) is 23.7. The van der Waals surface area contributed by atoms with Crippen LogP contribution in [0.15, 0.2) is 157 Å². The van der Waals surface area contributed by atoms with Gasteiger partial charge >= 0.3 is 0 Å². The van der Waals surface area contributed by atoms with Crippen LogP contribution < -0.4 is 5.73 Å². The van der Waals surface area contributed by atoms with E-state index in [1.54, 1.807) is 0 Å². The SMILES string of the molecule is NC(=NC(c1ccccc1)c1ccc2c(c1)-c1ccccc1C21c2ccccc2-c2ccccc21)c1ccccc1. The zero-order chi connectivity index (χ0) is 27.4. The first-order valence-electron chi connectivity index (χ1n) is 14.1. The van der Waals surface area contributed by atoms with Gasteiger partial charge in [0, 0.05) is 5.56 Å². The molecule has 0 aliphatic heterocycles. The Morgan fingerprint density at radius 3 is 1.51 bits per heavy atom. The Labute approximate surface area is 240 Å². The van der Waals surface area contributed by atoms with Gasteiger partial charge in [0.25, 0.3) is 0 Å². The number of amidine groups is 1. The molecular formula is C39H28N2. The number of aliphatic imine (C=N–C) groups is 1. The van der Waals surface area contributed by atoms with E-state index >= 15 is 0 Å². The fourth-order valence-electron chi connectivity index (χ4n) is 7.09. The molecule has 0 fully saturated rings. The van der Waals surface area contributed by atoms with Crippen LogP contribution in [0.5, 0.6) is 0 Å². The van der Waals surface area contributed by atoms with Crippen molar-refractivity contribution >= 4 is 5.84 Å². The smallest absolute Gasteiger partial charge is 0.126 e. The van der Waals surface area contributed by atoms with Gasteiger partial charge in [-0.15, -0.1) is 0 Å². The third kappa shape index (κ3) is 3.41. The molecule has 41 heavy (non-hydrogen) atoms. The van der Waals surface area contributed by atoms with Crippen molar-refractivity contribution in [2.75, 3.05) is 0 Å². The molecule has 8 rings (SSSR count). The van der Waals surface area contributed by atoms with Crippen LogP contribution in [0.25, 0.3) is 22.3 Å². The fourth-order valence-corrected chi connectivity index (χ4v) is 7.09. The summed E-state index contributed by atoms with van der Waals surface area (Å²) in [6.45, 7) is 0. The average Bonchev–Trinajstić information content (AvgIpc) is 3.51. The summed E-state index contributed by atoms with van der Waals surface area (Å²) in [6.07, 6.45) is 0. The van der Waals surface area contributed by atoms with E-state index in [1.165, 1.54) is 44.5 Å². The minimum absolute atomic E-state index is 0.228. The van der Waals surface area contributed by atoms with Gasteiger partial charge in [0.2, 0.25) is 0 Å². The number of benzene rings is 6. The molecule has 0 saturated carbocycles. The standard InChI is InChI=1S/C39H28N2/c40-38(27-15-5-2-6-16-27)41-37(26-13-3-1-4-14-26)28-23-24-36-32(25-28)31-19-9-12-22-35(31)39(36)33-20-10-7-17-29(33)30-18-8-11-21-34(30)39/h1-25,37H,(H2,40,41). The lowest BCUT2D eigenvalue weighted by Crippen LogP contribution is -2.25. The second-order valence-electron chi connectivity index (χ2n) is 10.9. The molecule has 194 valence electrons. The monoisotopic (exact) mass is 524 g/mol. The molecule has 2 N–H and O–H groups in total. The molecule has 0 heterocycles. The van der Waals surface area contributed by atoms with Crippen molar-refractivity contribution in [3.05, 3.63) is 191 Å². The van der Waals surface area contributed by atoms with Gasteiger partial charge in [-0.2, -0.15) is 0 Å². The van der Waals surface area contributed by atoms with Crippen LogP contribution >= 0.6 is 0 Å². The zero-order valence-corrected chi connectivity index (χ0v) is 22.5. The highest BCUT2D eigenvalue weighted by Crippen LogP contribution is 2.62. The summed E-state index contributed by atoms with van der Waals surface area (Å²) in [5, 5.41) is 0. The van der Waals surface area contributed by atoms with Crippen LogP contribution in [0.1, 0.15) is 45.0 Å². The minimum atomic E-state index is -0.341. The second kappa shape index (κ2) is 9.18.